The molecule has 0 spiro atoms. The van der Waals surface area contributed by atoms with Crippen LogP contribution in [0.5, 0.6) is 0 Å². The molecule has 5 heteroatoms. The lowest BCUT2D eigenvalue weighted by molar-refractivity contribution is -0.141. The lowest BCUT2D eigenvalue weighted by Crippen LogP contribution is -2.46. The highest BCUT2D eigenvalue weighted by molar-refractivity contribution is 5.80. The number of hydrogen-bond donors (Lipinski definition) is 1. The van der Waals surface area contributed by atoms with Gasteiger partial charge in [-0.05, 0) is 37.7 Å². The molecule has 22 heavy (non-hydrogen) atoms. The number of piperidine rings is 1. The molecule has 0 radical (unpaired) electrons. The first-order valence-corrected chi connectivity index (χ1v) is 7.91. The second-order valence-corrected chi connectivity index (χ2v) is 5.58. The molecule has 0 bridgehead atoms. The van der Waals surface area contributed by atoms with Crippen molar-refractivity contribution in [3.63, 3.8) is 0 Å². The molecular weight excluding hydrogens is 280 g/mol. The van der Waals surface area contributed by atoms with Gasteiger partial charge >= 0.3 is 12.0 Å². The maximum atomic E-state index is 12.0. The molecular formula is C17H24N2O3. The monoisotopic (exact) mass is 304 g/mol. The summed E-state index contributed by atoms with van der Waals surface area (Å²) in [5.74, 6) is 0.228. The number of nitrogens with one attached hydrogen (secondary N) is 1. The zero-order valence-electron chi connectivity index (χ0n) is 13.1. The van der Waals surface area contributed by atoms with Crippen molar-refractivity contribution in [3.05, 3.63) is 35.9 Å². The average Bonchev–Trinajstić information content (AvgIpc) is 2.54. The summed E-state index contributed by atoms with van der Waals surface area (Å²) in [5.41, 5.74) is 1.35. The van der Waals surface area contributed by atoms with Gasteiger partial charge in [0.2, 0.25) is 0 Å². The Labute approximate surface area is 131 Å². The minimum atomic E-state index is -0.394. The van der Waals surface area contributed by atoms with E-state index in [1.807, 2.05) is 6.07 Å². The first-order chi connectivity index (χ1) is 10.7. The maximum absolute atomic E-state index is 12.0. The number of rotatable bonds is 5. The zero-order chi connectivity index (χ0) is 15.8. The van der Waals surface area contributed by atoms with Crippen LogP contribution in [0.1, 0.15) is 25.3 Å². The second kappa shape index (κ2) is 8.41. The third-order valence-electron chi connectivity index (χ3n) is 3.96. The molecule has 0 saturated carbocycles. The number of benzene rings is 1. The molecule has 1 aliphatic rings. The average molecular weight is 304 g/mol. The van der Waals surface area contributed by atoms with E-state index in [4.69, 9.17) is 4.74 Å². The van der Waals surface area contributed by atoms with Gasteiger partial charge in [-0.25, -0.2) is 4.79 Å². The van der Waals surface area contributed by atoms with Crippen LogP contribution in [-0.2, 0) is 16.0 Å². The van der Waals surface area contributed by atoms with E-state index < -0.39 is 5.97 Å². The smallest absolute Gasteiger partial charge is 0.325 e. The van der Waals surface area contributed by atoms with E-state index in [1.54, 1.807) is 11.8 Å². The van der Waals surface area contributed by atoms with Crippen LogP contribution in [0.25, 0.3) is 0 Å². The van der Waals surface area contributed by atoms with Crippen molar-refractivity contribution in [2.24, 2.45) is 5.92 Å². The van der Waals surface area contributed by atoms with Crippen LogP contribution >= 0.6 is 0 Å². The quantitative estimate of drug-likeness (QED) is 0.849. The van der Waals surface area contributed by atoms with E-state index in [0.717, 1.165) is 32.4 Å². The number of hydrogen-bond acceptors (Lipinski definition) is 3. The molecule has 1 saturated heterocycles. The van der Waals surface area contributed by atoms with Crippen LogP contribution in [0.2, 0.25) is 0 Å². The third kappa shape index (κ3) is 5.06. The van der Waals surface area contributed by atoms with Gasteiger partial charge in [0, 0.05) is 13.1 Å². The molecule has 1 aromatic rings. The fourth-order valence-electron chi connectivity index (χ4n) is 2.76. The first-order valence-electron chi connectivity index (χ1n) is 7.91. The van der Waals surface area contributed by atoms with Crippen molar-refractivity contribution in [1.82, 2.24) is 10.2 Å². The highest BCUT2D eigenvalue weighted by Crippen LogP contribution is 2.21. The number of carbonyl (C=O) groups excluding carboxylic acids is 2. The Bertz CT molecular complexity index is 482. The SMILES string of the molecule is CCOC(=O)CNC(=O)N1CCC(Cc2ccccc2)CC1. The highest BCUT2D eigenvalue weighted by Gasteiger charge is 2.23. The van der Waals surface area contributed by atoms with E-state index in [0.29, 0.717) is 12.5 Å². The van der Waals surface area contributed by atoms with Gasteiger partial charge in [-0.15, -0.1) is 0 Å². The van der Waals surface area contributed by atoms with Gasteiger partial charge in [-0.2, -0.15) is 0 Å². The number of ether oxygens (including phenoxy) is 1. The van der Waals surface area contributed by atoms with Crippen LogP contribution in [0.15, 0.2) is 30.3 Å². The lowest BCUT2D eigenvalue weighted by atomic mass is 9.90. The summed E-state index contributed by atoms with van der Waals surface area (Å²) in [6, 6.07) is 10.3. The summed E-state index contributed by atoms with van der Waals surface area (Å²) >= 11 is 0. The van der Waals surface area contributed by atoms with E-state index in [1.165, 1.54) is 5.56 Å². The van der Waals surface area contributed by atoms with E-state index >= 15 is 0 Å². The Morgan fingerprint density at radius 1 is 1.23 bits per heavy atom. The molecule has 5 nitrogen and oxygen atoms in total. The zero-order valence-corrected chi connectivity index (χ0v) is 13.1. The van der Waals surface area contributed by atoms with Crippen molar-refractivity contribution in [3.8, 4) is 0 Å². The summed E-state index contributed by atoms with van der Waals surface area (Å²) in [6.07, 6.45) is 3.07. The van der Waals surface area contributed by atoms with E-state index in [9.17, 15) is 9.59 Å². The largest absolute Gasteiger partial charge is 0.465 e. The standard InChI is InChI=1S/C17H24N2O3/c1-2-22-16(20)13-18-17(21)19-10-8-15(9-11-19)12-14-6-4-3-5-7-14/h3-7,15H,2,8-13H2,1H3,(H,18,21). The number of amides is 2. The van der Waals surface area contributed by atoms with Crippen molar-refractivity contribution in [1.29, 1.82) is 0 Å². The fraction of sp³-hybridized carbons (Fsp3) is 0.529. The number of nitrogens with zero attached hydrogens (tertiary/aromatic N) is 1. The Kier molecular flexibility index (Phi) is 6.25. The van der Waals surface area contributed by atoms with Gasteiger partial charge in [0.1, 0.15) is 6.54 Å². The van der Waals surface area contributed by atoms with Gasteiger partial charge in [0.05, 0.1) is 6.61 Å². The fourth-order valence-corrected chi connectivity index (χ4v) is 2.76. The van der Waals surface area contributed by atoms with Crippen molar-refractivity contribution >= 4 is 12.0 Å². The second-order valence-electron chi connectivity index (χ2n) is 5.58. The lowest BCUT2D eigenvalue weighted by Gasteiger charge is -2.32. The molecule has 2 rings (SSSR count). The molecule has 0 atom stereocenters. The number of likely N-dealkylation sites (tertiary alicyclic amines) is 1. The summed E-state index contributed by atoms with van der Waals surface area (Å²) in [5, 5.41) is 2.61. The Hall–Kier alpha value is -2.04. The third-order valence-corrected chi connectivity index (χ3v) is 3.96. The minimum Gasteiger partial charge on any atom is -0.465 e. The molecule has 1 N–H and O–H groups in total. The Morgan fingerprint density at radius 2 is 1.91 bits per heavy atom. The predicted molar refractivity (Wildman–Crippen MR) is 84.5 cm³/mol. The molecule has 1 aliphatic heterocycles. The van der Waals surface area contributed by atoms with Crippen molar-refractivity contribution < 1.29 is 14.3 Å². The van der Waals surface area contributed by atoms with Gasteiger partial charge < -0.3 is 15.0 Å². The van der Waals surface area contributed by atoms with Gasteiger partial charge in [-0.1, -0.05) is 30.3 Å². The topological polar surface area (TPSA) is 58.6 Å². The molecule has 1 aromatic carbocycles. The number of esters is 1. The first kappa shape index (κ1) is 16.3. The minimum absolute atomic E-state index is 0.0589. The normalized spacial score (nSPS) is 15.4. The van der Waals surface area contributed by atoms with Crippen molar-refractivity contribution in [2.75, 3.05) is 26.2 Å². The van der Waals surface area contributed by atoms with Gasteiger partial charge in [0.25, 0.3) is 0 Å². The number of urea groups is 1. The predicted octanol–water partition coefficient (Wildman–Crippen LogP) is 2.21. The summed E-state index contributed by atoms with van der Waals surface area (Å²) in [7, 11) is 0. The molecule has 2 amide bonds. The molecule has 120 valence electrons. The number of carbonyl (C=O) groups is 2. The molecule has 0 aliphatic carbocycles. The van der Waals surface area contributed by atoms with Crippen LogP contribution in [0.4, 0.5) is 4.79 Å². The summed E-state index contributed by atoms with van der Waals surface area (Å²) < 4.78 is 4.79. The van der Waals surface area contributed by atoms with Gasteiger partial charge in [0.15, 0.2) is 0 Å². The van der Waals surface area contributed by atoms with Crippen LogP contribution in [0, 0.1) is 5.92 Å². The van der Waals surface area contributed by atoms with E-state index in [2.05, 4.69) is 29.6 Å². The van der Waals surface area contributed by atoms with Gasteiger partial charge in [-0.3, -0.25) is 4.79 Å². The summed E-state index contributed by atoms with van der Waals surface area (Å²) in [6.45, 7) is 3.51. The molecule has 0 aromatic heterocycles. The Balaban J connectivity index is 1.70. The Morgan fingerprint density at radius 3 is 2.55 bits per heavy atom. The molecule has 1 fully saturated rings. The van der Waals surface area contributed by atoms with Crippen molar-refractivity contribution in [2.45, 2.75) is 26.2 Å². The highest BCUT2D eigenvalue weighted by atomic mass is 16.5. The van der Waals surface area contributed by atoms with Crippen LogP contribution in [-0.4, -0.2) is 43.1 Å². The summed E-state index contributed by atoms with van der Waals surface area (Å²) in [4.78, 5) is 25.0. The van der Waals surface area contributed by atoms with Crippen LogP contribution in [0.3, 0.4) is 0 Å². The molecule has 1 heterocycles. The maximum Gasteiger partial charge on any atom is 0.325 e. The van der Waals surface area contributed by atoms with E-state index in [-0.39, 0.29) is 12.6 Å². The van der Waals surface area contributed by atoms with Crippen LogP contribution < -0.4 is 5.32 Å². The molecule has 0 unspecified atom stereocenters.